The van der Waals surface area contributed by atoms with E-state index in [1.165, 1.54) is 13.8 Å². The summed E-state index contributed by atoms with van der Waals surface area (Å²) in [7, 11) is 0. The van der Waals surface area contributed by atoms with Gasteiger partial charge in [-0.05, 0) is 26.3 Å². The average Bonchev–Trinajstić information content (AvgIpc) is 2.38. The number of alkyl halides is 1. The van der Waals surface area contributed by atoms with Crippen molar-refractivity contribution in [3.05, 3.63) is 41.7 Å². The largest absolute Gasteiger partial charge is 0.368 e. The van der Waals surface area contributed by atoms with Gasteiger partial charge in [-0.2, -0.15) is 15.0 Å². The Hall–Kier alpha value is -2.24. The van der Waals surface area contributed by atoms with E-state index in [4.69, 9.17) is 5.73 Å². The summed E-state index contributed by atoms with van der Waals surface area (Å²) in [6.07, 6.45) is 0. The zero-order chi connectivity index (χ0) is 14.8. The fourth-order valence-electron chi connectivity index (χ4n) is 1.74. The standard InChI is InChI=1S/C14H18FN5/c1-9(10-7-5-4-6-8-10)17-13-19-11(14(2,3)15)18-12(16)20-13/h4-9H,1-3H3,(H3,16,17,18,19,20). The van der Waals surface area contributed by atoms with Crippen LogP contribution in [0.4, 0.5) is 16.3 Å². The molecule has 0 bridgehead atoms. The van der Waals surface area contributed by atoms with Crippen LogP contribution in [-0.2, 0) is 5.67 Å². The normalized spacial score (nSPS) is 13.0. The van der Waals surface area contributed by atoms with Crippen LogP contribution in [0.3, 0.4) is 0 Å². The lowest BCUT2D eigenvalue weighted by Gasteiger charge is -2.17. The number of hydrogen-bond acceptors (Lipinski definition) is 5. The van der Waals surface area contributed by atoms with Crippen LogP contribution in [0.1, 0.15) is 38.2 Å². The number of nitrogens with one attached hydrogen (secondary N) is 1. The molecule has 0 saturated heterocycles. The van der Waals surface area contributed by atoms with Crippen molar-refractivity contribution in [3.63, 3.8) is 0 Å². The zero-order valence-electron chi connectivity index (χ0n) is 11.8. The number of anilines is 2. The first kappa shape index (κ1) is 14.2. The predicted molar refractivity (Wildman–Crippen MR) is 76.9 cm³/mol. The van der Waals surface area contributed by atoms with E-state index in [-0.39, 0.29) is 23.8 Å². The molecule has 0 aliphatic rings. The highest BCUT2D eigenvalue weighted by atomic mass is 19.1. The molecule has 1 atom stereocenters. The van der Waals surface area contributed by atoms with E-state index >= 15 is 0 Å². The van der Waals surface area contributed by atoms with Crippen molar-refractivity contribution in [2.24, 2.45) is 0 Å². The Morgan fingerprint density at radius 2 is 1.80 bits per heavy atom. The van der Waals surface area contributed by atoms with Crippen molar-refractivity contribution in [1.29, 1.82) is 0 Å². The summed E-state index contributed by atoms with van der Waals surface area (Å²) < 4.78 is 13.9. The molecule has 1 heterocycles. The van der Waals surface area contributed by atoms with Gasteiger partial charge < -0.3 is 11.1 Å². The van der Waals surface area contributed by atoms with Crippen molar-refractivity contribution in [1.82, 2.24) is 15.0 Å². The highest BCUT2D eigenvalue weighted by Gasteiger charge is 2.24. The molecule has 0 radical (unpaired) electrons. The maximum absolute atomic E-state index is 13.9. The van der Waals surface area contributed by atoms with Crippen molar-refractivity contribution in [2.45, 2.75) is 32.5 Å². The summed E-state index contributed by atoms with van der Waals surface area (Å²) >= 11 is 0. The molecule has 20 heavy (non-hydrogen) atoms. The molecule has 1 aromatic carbocycles. The van der Waals surface area contributed by atoms with Gasteiger partial charge in [-0.3, -0.25) is 0 Å². The third-order valence-corrected chi connectivity index (χ3v) is 2.83. The number of rotatable bonds is 4. The van der Waals surface area contributed by atoms with Crippen molar-refractivity contribution in [2.75, 3.05) is 11.1 Å². The Morgan fingerprint density at radius 3 is 2.40 bits per heavy atom. The molecule has 1 unspecified atom stereocenters. The second-order valence-electron chi connectivity index (χ2n) is 5.09. The van der Waals surface area contributed by atoms with E-state index in [0.717, 1.165) is 5.56 Å². The monoisotopic (exact) mass is 275 g/mol. The number of nitrogens with zero attached hydrogens (tertiary/aromatic N) is 3. The van der Waals surface area contributed by atoms with Crippen LogP contribution in [0.15, 0.2) is 30.3 Å². The van der Waals surface area contributed by atoms with E-state index in [2.05, 4.69) is 20.3 Å². The van der Waals surface area contributed by atoms with Gasteiger partial charge in [-0.1, -0.05) is 30.3 Å². The fourth-order valence-corrected chi connectivity index (χ4v) is 1.74. The third-order valence-electron chi connectivity index (χ3n) is 2.83. The molecule has 3 N–H and O–H groups in total. The molecule has 0 amide bonds. The summed E-state index contributed by atoms with van der Waals surface area (Å²) in [6, 6.07) is 9.80. The van der Waals surface area contributed by atoms with Crippen LogP contribution < -0.4 is 11.1 Å². The quantitative estimate of drug-likeness (QED) is 0.897. The van der Waals surface area contributed by atoms with Crippen molar-refractivity contribution in [3.8, 4) is 0 Å². The van der Waals surface area contributed by atoms with Gasteiger partial charge in [0.25, 0.3) is 0 Å². The fraction of sp³-hybridized carbons (Fsp3) is 0.357. The molecule has 0 spiro atoms. The summed E-state index contributed by atoms with van der Waals surface area (Å²) in [5.74, 6) is 0.297. The van der Waals surface area contributed by atoms with E-state index in [9.17, 15) is 4.39 Å². The number of hydrogen-bond donors (Lipinski definition) is 2. The van der Waals surface area contributed by atoms with Crippen molar-refractivity contribution < 1.29 is 4.39 Å². The molecule has 6 heteroatoms. The predicted octanol–water partition coefficient (Wildman–Crippen LogP) is 2.83. The van der Waals surface area contributed by atoms with Crippen LogP contribution in [0.25, 0.3) is 0 Å². The van der Waals surface area contributed by atoms with E-state index in [0.29, 0.717) is 0 Å². The van der Waals surface area contributed by atoms with Crippen LogP contribution >= 0.6 is 0 Å². The lowest BCUT2D eigenvalue weighted by atomic mass is 10.1. The summed E-state index contributed by atoms with van der Waals surface area (Å²) in [5.41, 5.74) is 5.01. The number of benzene rings is 1. The second kappa shape index (κ2) is 5.40. The molecule has 106 valence electrons. The van der Waals surface area contributed by atoms with Gasteiger partial charge in [0.05, 0.1) is 6.04 Å². The molecule has 0 aliphatic heterocycles. The summed E-state index contributed by atoms with van der Waals surface area (Å²) in [4.78, 5) is 11.9. The average molecular weight is 275 g/mol. The summed E-state index contributed by atoms with van der Waals surface area (Å²) in [5, 5.41) is 3.10. The lowest BCUT2D eigenvalue weighted by Crippen LogP contribution is -2.19. The van der Waals surface area contributed by atoms with E-state index < -0.39 is 5.67 Å². The van der Waals surface area contributed by atoms with Crippen LogP contribution in [0, 0.1) is 0 Å². The van der Waals surface area contributed by atoms with Gasteiger partial charge in [0.1, 0.15) is 0 Å². The lowest BCUT2D eigenvalue weighted by molar-refractivity contribution is 0.206. The van der Waals surface area contributed by atoms with Crippen LogP contribution in [0.5, 0.6) is 0 Å². The molecule has 2 rings (SSSR count). The van der Waals surface area contributed by atoms with Gasteiger partial charge in [0, 0.05) is 0 Å². The molecular weight excluding hydrogens is 257 g/mol. The molecule has 2 aromatic rings. The van der Waals surface area contributed by atoms with Gasteiger partial charge in [0.2, 0.25) is 11.9 Å². The molecular formula is C14H18FN5. The molecule has 0 aliphatic carbocycles. The SMILES string of the molecule is CC(Nc1nc(N)nc(C(C)(C)F)n1)c1ccccc1. The van der Waals surface area contributed by atoms with Crippen LogP contribution in [0.2, 0.25) is 0 Å². The number of nitrogens with two attached hydrogens (primary N) is 1. The maximum Gasteiger partial charge on any atom is 0.228 e. The highest BCUT2D eigenvalue weighted by Crippen LogP contribution is 2.23. The third kappa shape index (κ3) is 3.40. The Balaban J connectivity index is 2.24. The zero-order valence-corrected chi connectivity index (χ0v) is 11.8. The first-order valence-corrected chi connectivity index (χ1v) is 6.38. The number of aromatic nitrogens is 3. The van der Waals surface area contributed by atoms with Crippen molar-refractivity contribution >= 4 is 11.9 Å². The Morgan fingerprint density at radius 1 is 1.15 bits per heavy atom. The Kier molecular flexibility index (Phi) is 3.83. The molecule has 0 saturated carbocycles. The van der Waals surface area contributed by atoms with Crippen LogP contribution in [-0.4, -0.2) is 15.0 Å². The molecule has 0 fully saturated rings. The van der Waals surface area contributed by atoms with E-state index in [1.807, 2.05) is 37.3 Å². The minimum absolute atomic E-state index is 0.00323. The Labute approximate surface area is 117 Å². The smallest absolute Gasteiger partial charge is 0.228 e. The summed E-state index contributed by atoms with van der Waals surface area (Å²) in [6.45, 7) is 4.73. The number of nitrogen functional groups attached to an aromatic ring is 1. The van der Waals surface area contributed by atoms with Gasteiger partial charge >= 0.3 is 0 Å². The topological polar surface area (TPSA) is 76.7 Å². The molecule has 1 aromatic heterocycles. The maximum atomic E-state index is 13.9. The Bertz CT molecular complexity index is 580. The minimum Gasteiger partial charge on any atom is -0.368 e. The van der Waals surface area contributed by atoms with Gasteiger partial charge in [-0.25, -0.2) is 4.39 Å². The minimum atomic E-state index is -1.66. The van der Waals surface area contributed by atoms with Gasteiger partial charge in [0.15, 0.2) is 11.5 Å². The molecule has 5 nitrogen and oxygen atoms in total. The van der Waals surface area contributed by atoms with Gasteiger partial charge in [-0.15, -0.1) is 0 Å². The first-order valence-electron chi connectivity index (χ1n) is 6.38. The number of halogens is 1. The second-order valence-corrected chi connectivity index (χ2v) is 5.09. The highest BCUT2D eigenvalue weighted by molar-refractivity contribution is 5.35. The first-order chi connectivity index (χ1) is 9.36. The van der Waals surface area contributed by atoms with E-state index in [1.54, 1.807) is 0 Å².